The van der Waals surface area contributed by atoms with Crippen LogP contribution in [0, 0.1) is 5.92 Å². The van der Waals surface area contributed by atoms with E-state index in [0.717, 1.165) is 4.90 Å². The number of hydrogen-bond acceptors (Lipinski definition) is 4. The number of aliphatic carboxylic acids is 1. The predicted molar refractivity (Wildman–Crippen MR) is 124 cm³/mol. The molecule has 1 aliphatic rings. The Balaban J connectivity index is 1.82. The van der Waals surface area contributed by atoms with Crippen molar-refractivity contribution in [2.24, 2.45) is 5.92 Å². The summed E-state index contributed by atoms with van der Waals surface area (Å²) in [6.45, 7) is 0.00975. The molecule has 2 aromatic rings. The molecular formula is C26H27F3N2O5. The fourth-order valence-electron chi connectivity index (χ4n) is 4.33. The summed E-state index contributed by atoms with van der Waals surface area (Å²) in [5, 5.41) is 11.7. The van der Waals surface area contributed by atoms with Gasteiger partial charge in [-0.05, 0) is 30.4 Å². The molecule has 3 atom stereocenters. The third kappa shape index (κ3) is 7.16. The summed E-state index contributed by atoms with van der Waals surface area (Å²) in [6.07, 6.45) is -6.13. The van der Waals surface area contributed by atoms with Gasteiger partial charge in [-0.2, -0.15) is 13.2 Å². The quantitative estimate of drug-likeness (QED) is 0.517. The number of amides is 2. The molecule has 2 aromatic carbocycles. The number of alkyl halides is 3. The normalized spacial score (nSPS) is 17.3. The minimum Gasteiger partial charge on any atom is -0.480 e. The number of likely N-dealkylation sites (tertiary alicyclic amines) is 1. The number of nitrogens with zero attached hydrogens (tertiary/aromatic N) is 1. The Morgan fingerprint density at radius 2 is 1.56 bits per heavy atom. The van der Waals surface area contributed by atoms with Crippen LogP contribution in [0.2, 0.25) is 0 Å². The van der Waals surface area contributed by atoms with E-state index in [2.05, 4.69) is 5.32 Å². The highest BCUT2D eigenvalue weighted by Gasteiger charge is 2.49. The first-order chi connectivity index (χ1) is 17.1. The number of carboxylic acid groups (broad SMARTS) is 1. The number of hydrogen-bond donors (Lipinski definition) is 2. The zero-order valence-electron chi connectivity index (χ0n) is 19.4. The molecule has 1 unspecified atom stereocenters. The van der Waals surface area contributed by atoms with Crippen molar-refractivity contribution in [3.63, 3.8) is 0 Å². The van der Waals surface area contributed by atoms with Gasteiger partial charge in [0.1, 0.15) is 12.0 Å². The Morgan fingerprint density at radius 3 is 2.11 bits per heavy atom. The SMILES string of the molecule is O=C(Cc1ccccc1)N[C@@H](Cc1ccccc1)C(=O)C(CC(=O)N1CCC[C@H]1C(=O)O)C(F)(F)F. The number of ketones is 1. The maximum atomic E-state index is 14.0. The summed E-state index contributed by atoms with van der Waals surface area (Å²) in [7, 11) is 0. The van der Waals surface area contributed by atoms with E-state index in [9.17, 15) is 37.5 Å². The molecule has 192 valence electrons. The van der Waals surface area contributed by atoms with Crippen LogP contribution in [0.15, 0.2) is 60.7 Å². The predicted octanol–water partition coefficient (Wildman–Crippen LogP) is 3.17. The first-order valence-corrected chi connectivity index (χ1v) is 11.6. The fraction of sp³-hybridized carbons (Fsp3) is 0.385. The van der Waals surface area contributed by atoms with Crippen LogP contribution in [0.25, 0.3) is 0 Å². The van der Waals surface area contributed by atoms with Gasteiger partial charge in [-0.3, -0.25) is 14.4 Å². The Hall–Kier alpha value is -3.69. The summed E-state index contributed by atoms with van der Waals surface area (Å²) in [5.41, 5.74) is 1.16. The van der Waals surface area contributed by atoms with Gasteiger partial charge < -0.3 is 15.3 Å². The van der Waals surface area contributed by atoms with Crippen LogP contribution in [0.3, 0.4) is 0 Å². The van der Waals surface area contributed by atoms with Crippen LogP contribution in [0.5, 0.6) is 0 Å². The molecule has 0 radical (unpaired) electrons. The number of nitrogens with one attached hydrogen (secondary N) is 1. The van der Waals surface area contributed by atoms with Crippen LogP contribution >= 0.6 is 0 Å². The van der Waals surface area contributed by atoms with Gasteiger partial charge in [-0.1, -0.05) is 60.7 Å². The number of benzene rings is 2. The monoisotopic (exact) mass is 504 g/mol. The van der Waals surface area contributed by atoms with E-state index in [1.165, 1.54) is 0 Å². The van der Waals surface area contributed by atoms with E-state index in [1.54, 1.807) is 60.7 Å². The summed E-state index contributed by atoms with van der Waals surface area (Å²) in [5.74, 6) is -7.01. The van der Waals surface area contributed by atoms with Crippen LogP contribution in [-0.4, -0.2) is 58.4 Å². The summed E-state index contributed by atoms with van der Waals surface area (Å²) < 4.78 is 42.1. The molecule has 1 fully saturated rings. The van der Waals surface area contributed by atoms with Crippen molar-refractivity contribution in [3.8, 4) is 0 Å². The van der Waals surface area contributed by atoms with E-state index < -0.39 is 54.2 Å². The lowest BCUT2D eigenvalue weighted by Crippen LogP contribution is -2.50. The molecule has 36 heavy (non-hydrogen) atoms. The standard InChI is InChI=1S/C26H27F3N2O5/c27-26(28,29)19(16-23(33)31-13-7-12-21(31)25(35)36)24(34)20(14-17-8-3-1-4-9-17)30-22(32)15-18-10-5-2-6-11-18/h1-6,8-11,19-21H,7,12-16H2,(H,30,32)(H,35,36)/t19?,20-,21-/m0/s1. The van der Waals surface area contributed by atoms with Gasteiger partial charge in [0.15, 0.2) is 5.78 Å². The van der Waals surface area contributed by atoms with E-state index >= 15 is 0 Å². The molecule has 0 saturated carbocycles. The van der Waals surface area contributed by atoms with Gasteiger partial charge in [0.2, 0.25) is 11.8 Å². The molecule has 10 heteroatoms. The number of Topliss-reactive ketones (excluding diaryl/α,β-unsaturated/α-hetero) is 1. The Bertz CT molecular complexity index is 1080. The van der Waals surface area contributed by atoms with E-state index in [-0.39, 0.29) is 25.8 Å². The fourth-order valence-corrected chi connectivity index (χ4v) is 4.33. The highest BCUT2D eigenvalue weighted by atomic mass is 19.4. The third-order valence-corrected chi connectivity index (χ3v) is 6.14. The molecule has 7 nitrogen and oxygen atoms in total. The lowest BCUT2D eigenvalue weighted by molar-refractivity contribution is -0.187. The first-order valence-electron chi connectivity index (χ1n) is 11.6. The molecular weight excluding hydrogens is 477 g/mol. The van der Waals surface area contributed by atoms with Crippen LogP contribution in [-0.2, 0) is 32.0 Å². The lowest BCUT2D eigenvalue weighted by atomic mass is 9.89. The number of carboxylic acids is 1. The van der Waals surface area contributed by atoms with E-state index in [0.29, 0.717) is 17.5 Å². The zero-order valence-corrected chi connectivity index (χ0v) is 19.4. The van der Waals surface area contributed by atoms with Gasteiger partial charge in [-0.15, -0.1) is 0 Å². The Morgan fingerprint density at radius 1 is 0.972 bits per heavy atom. The second-order valence-corrected chi connectivity index (χ2v) is 8.76. The second kappa shape index (κ2) is 11.8. The molecule has 1 heterocycles. The van der Waals surface area contributed by atoms with E-state index in [4.69, 9.17) is 0 Å². The minimum absolute atomic E-state index is 0.00975. The highest BCUT2D eigenvalue weighted by Crippen LogP contribution is 2.33. The average molecular weight is 505 g/mol. The third-order valence-electron chi connectivity index (χ3n) is 6.14. The molecule has 0 aliphatic carbocycles. The van der Waals surface area contributed by atoms with Crippen molar-refractivity contribution in [2.75, 3.05) is 6.54 Å². The molecule has 2 amide bonds. The number of rotatable bonds is 10. The summed E-state index contributed by atoms with van der Waals surface area (Å²) in [6, 6.07) is 14.1. The Labute approximate surface area is 206 Å². The van der Waals surface area contributed by atoms with Crippen molar-refractivity contribution in [1.29, 1.82) is 0 Å². The van der Waals surface area contributed by atoms with Crippen LogP contribution in [0.4, 0.5) is 13.2 Å². The summed E-state index contributed by atoms with van der Waals surface area (Å²) >= 11 is 0. The number of carbonyl (C=O) groups is 4. The smallest absolute Gasteiger partial charge is 0.399 e. The Kier molecular flexibility index (Phi) is 8.84. The molecule has 3 rings (SSSR count). The zero-order chi connectivity index (χ0) is 26.3. The van der Waals surface area contributed by atoms with Crippen LogP contribution in [0.1, 0.15) is 30.4 Å². The van der Waals surface area contributed by atoms with Crippen molar-refractivity contribution in [3.05, 3.63) is 71.8 Å². The van der Waals surface area contributed by atoms with Crippen molar-refractivity contribution in [2.45, 2.75) is 50.4 Å². The van der Waals surface area contributed by atoms with Gasteiger partial charge >= 0.3 is 12.1 Å². The van der Waals surface area contributed by atoms with E-state index in [1.807, 2.05) is 0 Å². The molecule has 2 N–H and O–H groups in total. The van der Waals surface area contributed by atoms with Gasteiger partial charge in [0, 0.05) is 13.0 Å². The maximum absolute atomic E-state index is 14.0. The maximum Gasteiger partial charge on any atom is 0.399 e. The summed E-state index contributed by atoms with van der Waals surface area (Å²) in [4.78, 5) is 50.8. The number of carbonyl (C=O) groups excluding carboxylic acids is 3. The van der Waals surface area contributed by atoms with Crippen molar-refractivity contribution < 1.29 is 37.5 Å². The average Bonchev–Trinajstić information content (AvgIpc) is 3.33. The largest absolute Gasteiger partial charge is 0.480 e. The minimum atomic E-state index is -5.07. The van der Waals surface area contributed by atoms with Crippen molar-refractivity contribution in [1.82, 2.24) is 10.2 Å². The van der Waals surface area contributed by atoms with Crippen LogP contribution < -0.4 is 5.32 Å². The van der Waals surface area contributed by atoms with Crippen molar-refractivity contribution >= 4 is 23.6 Å². The molecule has 0 bridgehead atoms. The second-order valence-electron chi connectivity index (χ2n) is 8.76. The topological polar surface area (TPSA) is 104 Å². The molecule has 1 saturated heterocycles. The molecule has 0 aromatic heterocycles. The molecule has 1 aliphatic heterocycles. The van der Waals surface area contributed by atoms with Gasteiger partial charge in [0.05, 0.1) is 12.5 Å². The lowest BCUT2D eigenvalue weighted by Gasteiger charge is -2.28. The molecule has 0 spiro atoms. The highest BCUT2D eigenvalue weighted by molar-refractivity contribution is 5.95. The van der Waals surface area contributed by atoms with Gasteiger partial charge in [-0.25, -0.2) is 4.79 Å². The van der Waals surface area contributed by atoms with Gasteiger partial charge in [0.25, 0.3) is 0 Å². The number of halogens is 3. The first kappa shape index (κ1) is 26.9.